The highest BCUT2D eigenvalue weighted by Crippen LogP contribution is 2.13. The SMILES string of the molecule is C=CCN1C(N)=NCC1CCSC. The summed E-state index contributed by atoms with van der Waals surface area (Å²) >= 11 is 1.87. The van der Waals surface area contributed by atoms with Gasteiger partial charge in [0.05, 0.1) is 12.6 Å². The molecule has 1 rings (SSSR count). The fraction of sp³-hybridized carbons (Fsp3) is 0.667. The van der Waals surface area contributed by atoms with Crippen LogP contribution in [0.3, 0.4) is 0 Å². The Morgan fingerprint density at radius 1 is 1.85 bits per heavy atom. The highest BCUT2D eigenvalue weighted by atomic mass is 32.2. The number of nitrogens with zero attached hydrogens (tertiary/aromatic N) is 2. The van der Waals surface area contributed by atoms with Crippen LogP contribution in [0.1, 0.15) is 6.42 Å². The minimum atomic E-state index is 0.491. The molecule has 0 aromatic carbocycles. The number of rotatable bonds is 5. The number of guanidine groups is 1. The summed E-state index contributed by atoms with van der Waals surface area (Å²) in [5, 5.41) is 0. The molecule has 0 saturated heterocycles. The average Bonchev–Trinajstić information content (AvgIpc) is 2.46. The molecule has 0 amide bonds. The Hall–Kier alpha value is -0.640. The zero-order valence-corrected chi connectivity index (χ0v) is 8.89. The second-order valence-electron chi connectivity index (χ2n) is 3.08. The van der Waals surface area contributed by atoms with Gasteiger partial charge in [-0.2, -0.15) is 11.8 Å². The van der Waals surface area contributed by atoms with Gasteiger partial charge in [-0.1, -0.05) is 6.08 Å². The van der Waals surface area contributed by atoms with Crippen LogP contribution >= 0.6 is 11.8 Å². The Morgan fingerprint density at radius 3 is 3.23 bits per heavy atom. The number of hydrogen-bond donors (Lipinski definition) is 1. The lowest BCUT2D eigenvalue weighted by Crippen LogP contribution is -2.40. The minimum Gasteiger partial charge on any atom is -0.370 e. The molecule has 13 heavy (non-hydrogen) atoms. The average molecular weight is 199 g/mol. The van der Waals surface area contributed by atoms with Gasteiger partial charge in [0.25, 0.3) is 0 Å². The maximum atomic E-state index is 5.75. The molecule has 1 heterocycles. The van der Waals surface area contributed by atoms with Gasteiger partial charge >= 0.3 is 0 Å². The van der Waals surface area contributed by atoms with Crippen LogP contribution in [-0.2, 0) is 0 Å². The summed E-state index contributed by atoms with van der Waals surface area (Å²) in [7, 11) is 0. The quantitative estimate of drug-likeness (QED) is 0.670. The van der Waals surface area contributed by atoms with Gasteiger partial charge in [-0.15, -0.1) is 6.58 Å². The molecule has 1 atom stereocenters. The van der Waals surface area contributed by atoms with Crippen LogP contribution in [0.25, 0.3) is 0 Å². The molecule has 0 aromatic heterocycles. The van der Waals surface area contributed by atoms with Crippen LogP contribution in [0, 0.1) is 0 Å². The topological polar surface area (TPSA) is 41.6 Å². The van der Waals surface area contributed by atoms with E-state index < -0.39 is 0 Å². The van der Waals surface area contributed by atoms with Crippen molar-refractivity contribution in [3.8, 4) is 0 Å². The predicted molar refractivity (Wildman–Crippen MR) is 60.2 cm³/mol. The lowest BCUT2D eigenvalue weighted by atomic mass is 10.2. The van der Waals surface area contributed by atoms with E-state index in [1.165, 1.54) is 5.75 Å². The van der Waals surface area contributed by atoms with Gasteiger partial charge in [0.2, 0.25) is 0 Å². The molecule has 0 aromatic rings. The van der Waals surface area contributed by atoms with E-state index in [2.05, 4.69) is 22.7 Å². The predicted octanol–water partition coefficient (Wildman–Crippen LogP) is 0.924. The summed E-state index contributed by atoms with van der Waals surface area (Å²) in [4.78, 5) is 6.36. The van der Waals surface area contributed by atoms with Crippen molar-refractivity contribution in [3.63, 3.8) is 0 Å². The highest BCUT2D eigenvalue weighted by Gasteiger charge is 2.23. The number of aliphatic imine (C=N–C) groups is 1. The van der Waals surface area contributed by atoms with Crippen LogP contribution in [0.2, 0.25) is 0 Å². The monoisotopic (exact) mass is 199 g/mol. The third kappa shape index (κ3) is 2.66. The standard InChI is InChI=1S/C9H17N3S/c1-3-5-12-8(4-6-13-2)7-11-9(12)10/h3,8H,1,4-7H2,2H3,(H2,10,11). The van der Waals surface area contributed by atoms with Crippen molar-refractivity contribution < 1.29 is 0 Å². The van der Waals surface area contributed by atoms with E-state index in [1.807, 2.05) is 17.8 Å². The number of nitrogens with two attached hydrogens (primary N) is 1. The Bertz CT molecular complexity index is 203. The van der Waals surface area contributed by atoms with Crippen molar-refractivity contribution >= 4 is 17.7 Å². The van der Waals surface area contributed by atoms with Crippen molar-refractivity contribution in [2.45, 2.75) is 12.5 Å². The third-order valence-corrected chi connectivity index (χ3v) is 2.82. The van der Waals surface area contributed by atoms with E-state index in [-0.39, 0.29) is 0 Å². The molecule has 0 spiro atoms. The Balaban J connectivity index is 2.43. The molecular formula is C9H17N3S. The first kappa shape index (κ1) is 10.4. The molecule has 3 nitrogen and oxygen atoms in total. The van der Waals surface area contributed by atoms with Gasteiger partial charge in [-0.3, -0.25) is 4.99 Å². The molecule has 1 aliphatic heterocycles. The third-order valence-electron chi connectivity index (χ3n) is 2.18. The summed E-state index contributed by atoms with van der Waals surface area (Å²) in [5.41, 5.74) is 5.75. The minimum absolute atomic E-state index is 0.491. The molecule has 0 saturated carbocycles. The maximum absolute atomic E-state index is 5.75. The Kier molecular flexibility index (Phi) is 4.15. The summed E-state index contributed by atoms with van der Waals surface area (Å²) in [6, 6.07) is 0.491. The second kappa shape index (κ2) is 5.17. The molecular weight excluding hydrogens is 182 g/mol. The van der Waals surface area contributed by atoms with E-state index in [4.69, 9.17) is 5.73 Å². The van der Waals surface area contributed by atoms with Gasteiger partial charge in [0, 0.05) is 6.54 Å². The van der Waals surface area contributed by atoms with E-state index in [1.54, 1.807) is 0 Å². The fourth-order valence-corrected chi connectivity index (χ4v) is 1.97. The van der Waals surface area contributed by atoms with Crippen molar-refractivity contribution in [1.82, 2.24) is 4.90 Å². The molecule has 2 N–H and O–H groups in total. The Morgan fingerprint density at radius 2 is 2.62 bits per heavy atom. The first-order chi connectivity index (χ1) is 6.29. The number of thioether (sulfide) groups is 1. The molecule has 0 fully saturated rings. The summed E-state index contributed by atoms with van der Waals surface area (Å²) in [6.45, 7) is 5.38. The summed E-state index contributed by atoms with van der Waals surface area (Å²) < 4.78 is 0. The first-order valence-electron chi connectivity index (χ1n) is 4.46. The molecule has 0 radical (unpaired) electrons. The van der Waals surface area contributed by atoms with Crippen LogP contribution in [-0.4, -0.2) is 42.0 Å². The van der Waals surface area contributed by atoms with E-state index in [0.717, 1.165) is 19.5 Å². The van der Waals surface area contributed by atoms with Crippen LogP contribution in [0.5, 0.6) is 0 Å². The Labute approximate surface area is 84.1 Å². The van der Waals surface area contributed by atoms with Crippen LogP contribution < -0.4 is 5.73 Å². The normalized spacial score (nSPS) is 21.8. The molecule has 0 bridgehead atoms. The van der Waals surface area contributed by atoms with Gasteiger partial charge in [0.15, 0.2) is 5.96 Å². The zero-order chi connectivity index (χ0) is 9.68. The van der Waals surface area contributed by atoms with Crippen molar-refractivity contribution in [3.05, 3.63) is 12.7 Å². The summed E-state index contributed by atoms with van der Waals surface area (Å²) in [5.74, 6) is 1.84. The summed E-state index contributed by atoms with van der Waals surface area (Å²) in [6.07, 6.45) is 5.15. The molecule has 1 unspecified atom stereocenters. The van der Waals surface area contributed by atoms with Crippen LogP contribution in [0.4, 0.5) is 0 Å². The molecule has 74 valence electrons. The van der Waals surface area contributed by atoms with E-state index >= 15 is 0 Å². The van der Waals surface area contributed by atoms with Gasteiger partial charge in [-0.25, -0.2) is 0 Å². The second-order valence-corrected chi connectivity index (χ2v) is 4.06. The molecule has 0 aliphatic carbocycles. The molecule has 1 aliphatic rings. The van der Waals surface area contributed by atoms with Gasteiger partial charge < -0.3 is 10.6 Å². The lowest BCUT2D eigenvalue weighted by molar-refractivity contribution is 0.363. The van der Waals surface area contributed by atoms with Crippen LogP contribution in [0.15, 0.2) is 17.6 Å². The fourth-order valence-electron chi connectivity index (χ4n) is 1.46. The van der Waals surface area contributed by atoms with Crippen molar-refractivity contribution in [1.29, 1.82) is 0 Å². The lowest BCUT2D eigenvalue weighted by Gasteiger charge is -2.24. The number of hydrogen-bond acceptors (Lipinski definition) is 4. The van der Waals surface area contributed by atoms with Crippen molar-refractivity contribution in [2.24, 2.45) is 10.7 Å². The van der Waals surface area contributed by atoms with E-state index in [0.29, 0.717) is 12.0 Å². The zero-order valence-electron chi connectivity index (χ0n) is 8.07. The van der Waals surface area contributed by atoms with Gasteiger partial charge in [-0.05, 0) is 18.4 Å². The molecule has 4 heteroatoms. The van der Waals surface area contributed by atoms with Gasteiger partial charge in [0.1, 0.15) is 0 Å². The maximum Gasteiger partial charge on any atom is 0.191 e. The van der Waals surface area contributed by atoms with Crippen molar-refractivity contribution in [2.75, 3.05) is 25.1 Å². The highest BCUT2D eigenvalue weighted by molar-refractivity contribution is 7.98. The largest absolute Gasteiger partial charge is 0.370 e. The smallest absolute Gasteiger partial charge is 0.191 e. The van der Waals surface area contributed by atoms with E-state index in [9.17, 15) is 0 Å². The first-order valence-corrected chi connectivity index (χ1v) is 5.85.